The molecule has 0 aliphatic carbocycles. The molecule has 1 aliphatic rings. The number of rotatable bonds is 7. The van der Waals surface area contributed by atoms with Gasteiger partial charge >= 0.3 is 0 Å². The molecule has 0 radical (unpaired) electrons. The number of piperazine rings is 1. The smallest absolute Gasteiger partial charge is 0.284 e. The second kappa shape index (κ2) is 10.8. The van der Waals surface area contributed by atoms with E-state index in [0.29, 0.717) is 18.1 Å². The maximum atomic E-state index is 12.5. The number of carbonyl (C=O) groups is 1. The fraction of sp³-hybridized carbons (Fsp3) is 0.333. The van der Waals surface area contributed by atoms with Crippen LogP contribution in [0.1, 0.15) is 6.92 Å². The lowest BCUT2D eigenvalue weighted by atomic mass is 10.2. The van der Waals surface area contributed by atoms with Crippen LogP contribution in [0.3, 0.4) is 0 Å². The highest BCUT2D eigenvalue weighted by Crippen LogP contribution is 2.30. The van der Waals surface area contributed by atoms with Gasteiger partial charge in [0.05, 0.1) is 23.3 Å². The van der Waals surface area contributed by atoms with Gasteiger partial charge in [-0.1, -0.05) is 12.2 Å². The van der Waals surface area contributed by atoms with Crippen LogP contribution in [0.4, 0.5) is 11.4 Å². The van der Waals surface area contributed by atoms with Crippen molar-refractivity contribution in [1.82, 2.24) is 15.3 Å². The SMILES string of the molecule is CCOc1ccc(Oc2cc(NC(=O)C(=S)NN3CCN(C)CC3)cc([N+](=O)[O-])c2)cc1. The van der Waals surface area contributed by atoms with E-state index in [2.05, 4.69) is 15.6 Å². The summed E-state index contributed by atoms with van der Waals surface area (Å²) in [5.41, 5.74) is 2.90. The topological polar surface area (TPSA) is 109 Å². The summed E-state index contributed by atoms with van der Waals surface area (Å²) in [6.07, 6.45) is 0. The summed E-state index contributed by atoms with van der Waals surface area (Å²) in [5, 5.41) is 15.8. The van der Waals surface area contributed by atoms with E-state index in [1.54, 1.807) is 24.3 Å². The Morgan fingerprint density at radius 2 is 1.75 bits per heavy atom. The molecule has 1 aliphatic heterocycles. The van der Waals surface area contributed by atoms with Crippen LogP contribution in [-0.2, 0) is 4.79 Å². The molecular formula is C21H25N5O5S. The van der Waals surface area contributed by atoms with Crippen molar-refractivity contribution < 1.29 is 19.2 Å². The number of nitrogens with zero attached hydrogens (tertiary/aromatic N) is 3. The number of hydrogen-bond donors (Lipinski definition) is 2. The number of nitro benzene ring substituents is 1. The molecule has 11 heteroatoms. The molecule has 0 aromatic heterocycles. The minimum atomic E-state index is -0.563. The first-order chi connectivity index (χ1) is 15.3. The lowest BCUT2D eigenvalue weighted by Gasteiger charge is -2.32. The van der Waals surface area contributed by atoms with Gasteiger partial charge in [0.1, 0.15) is 17.2 Å². The van der Waals surface area contributed by atoms with E-state index in [1.165, 1.54) is 18.2 Å². The van der Waals surface area contributed by atoms with Crippen molar-refractivity contribution in [3.63, 3.8) is 0 Å². The molecule has 1 amide bonds. The second-order valence-electron chi connectivity index (χ2n) is 7.16. The maximum Gasteiger partial charge on any atom is 0.284 e. The van der Waals surface area contributed by atoms with Gasteiger partial charge in [-0.25, -0.2) is 5.01 Å². The van der Waals surface area contributed by atoms with Crippen molar-refractivity contribution in [3.05, 3.63) is 52.6 Å². The first-order valence-corrected chi connectivity index (χ1v) is 10.5. The predicted octanol–water partition coefficient (Wildman–Crippen LogP) is 2.80. The molecule has 0 saturated carbocycles. The van der Waals surface area contributed by atoms with Gasteiger partial charge in [-0.15, -0.1) is 0 Å². The van der Waals surface area contributed by atoms with Crippen LogP contribution in [0.25, 0.3) is 0 Å². The highest BCUT2D eigenvalue weighted by Gasteiger charge is 2.19. The minimum absolute atomic E-state index is 0.0185. The van der Waals surface area contributed by atoms with E-state index in [-0.39, 0.29) is 22.1 Å². The van der Waals surface area contributed by atoms with E-state index in [4.69, 9.17) is 21.7 Å². The van der Waals surface area contributed by atoms with Crippen LogP contribution >= 0.6 is 12.2 Å². The Bertz CT molecular complexity index is 977. The highest BCUT2D eigenvalue weighted by molar-refractivity contribution is 7.82. The molecule has 1 fully saturated rings. The summed E-state index contributed by atoms with van der Waals surface area (Å²) in [5.74, 6) is 0.801. The Balaban J connectivity index is 1.68. The van der Waals surface area contributed by atoms with E-state index < -0.39 is 10.8 Å². The molecule has 0 bridgehead atoms. The molecule has 3 rings (SSSR count). The lowest BCUT2D eigenvalue weighted by molar-refractivity contribution is -0.384. The standard InChI is InChI=1S/C21H25N5O5S/c1-3-30-17-4-6-18(7-5-17)31-19-13-15(12-16(14-19)26(28)29)22-20(27)21(32)23-25-10-8-24(2)9-11-25/h4-7,12-14H,3,8-11H2,1-2H3,(H,22,27)(H,23,32). The zero-order valence-corrected chi connectivity index (χ0v) is 18.7. The quantitative estimate of drug-likeness (QED) is 0.367. The second-order valence-corrected chi connectivity index (χ2v) is 7.57. The van der Waals surface area contributed by atoms with Crippen molar-refractivity contribution in [3.8, 4) is 17.2 Å². The average molecular weight is 460 g/mol. The Hall–Kier alpha value is -3.28. The normalized spacial score (nSPS) is 14.4. The number of hydrazine groups is 1. The molecule has 32 heavy (non-hydrogen) atoms. The molecule has 2 aromatic carbocycles. The van der Waals surface area contributed by atoms with Crippen LogP contribution < -0.4 is 20.2 Å². The number of non-ortho nitro benzene ring substituents is 1. The third-order valence-corrected chi connectivity index (χ3v) is 4.98. The molecule has 2 aromatic rings. The zero-order valence-electron chi connectivity index (χ0n) is 17.9. The summed E-state index contributed by atoms with van der Waals surface area (Å²) in [4.78, 5) is 25.5. The number of ether oxygens (including phenoxy) is 2. The molecule has 0 atom stereocenters. The number of benzene rings is 2. The predicted molar refractivity (Wildman–Crippen MR) is 124 cm³/mol. The van der Waals surface area contributed by atoms with Gasteiger partial charge in [0.25, 0.3) is 11.6 Å². The number of nitrogens with one attached hydrogen (secondary N) is 2. The van der Waals surface area contributed by atoms with Gasteiger partial charge in [-0.2, -0.15) is 0 Å². The first-order valence-electron chi connectivity index (χ1n) is 10.1. The van der Waals surface area contributed by atoms with Crippen LogP contribution in [-0.4, -0.2) is 65.6 Å². The summed E-state index contributed by atoms with van der Waals surface area (Å²) >= 11 is 5.19. The Kier molecular flexibility index (Phi) is 7.92. The lowest BCUT2D eigenvalue weighted by Crippen LogP contribution is -2.54. The number of likely N-dealkylation sites (N-methyl/N-ethyl adjacent to an activating group) is 1. The van der Waals surface area contributed by atoms with Crippen molar-refractivity contribution in [2.45, 2.75) is 6.92 Å². The van der Waals surface area contributed by atoms with Gasteiger partial charge in [-0.05, 0) is 38.2 Å². The van der Waals surface area contributed by atoms with E-state index in [1.807, 2.05) is 19.0 Å². The number of hydrogen-bond acceptors (Lipinski definition) is 8. The van der Waals surface area contributed by atoms with Crippen LogP contribution in [0.2, 0.25) is 0 Å². The van der Waals surface area contributed by atoms with Crippen molar-refractivity contribution in [2.24, 2.45) is 0 Å². The van der Waals surface area contributed by atoms with Gasteiger partial charge in [0.15, 0.2) is 4.99 Å². The average Bonchev–Trinajstić information content (AvgIpc) is 2.76. The van der Waals surface area contributed by atoms with Crippen molar-refractivity contribution in [2.75, 3.05) is 45.2 Å². The largest absolute Gasteiger partial charge is 0.494 e. The van der Waals surface area contributed by atoms with Gasteiger partial charge in [-0.3, -0.25) is 14.9 Å². The summed E-state index contributed by atoms with van der Waals surface area (Å²) in [7, 11) is 2.03. The summed E-state index contributed by atoms with van der Waals surface area (Å²) < 4.78 is 11.1. The van der Waals surface area contributed by atoms with Crippen LogP contribution in [0.15, 0.2) is 42.5 Å². The minimum Gasteiger partial charge on any atom is -0.494 e. The Morgan fingerprint density at radius 3 is 2.38 bits per heavy atom. The van der Waals surface area contributed by atoms with E-state index >= 15 is 0 Å². The van der Waals surface area contributed by atoms with Crippen molar-refractivity contribution >= 4 is 34.5 Å². The maximum absolute atomic E-state index is 12.5. The van der Waals surface area contributed by atoms with E-state index in [9.17, 15) is 14.9 Å². The summed E-state index contributed by atoms with van der Waals surface area (Å²) in [6, 6.07) is 10.9. The van der Waals surface area contributed by atoms with Crippen molar-refractivity contribution in [1.29, 1.82) is 0 Å². The van der Waals surface area contributed by atoms with Crippen LogP contribution in [0, 0.1) is 10.1 Å². The number of thiocarbonyl (C=S) groups is 1. The van der Waals surface area contributed by atoms with Gasteiger partial charge in [0.2, 0.25) is 0 Å². The van der Waals surface area contributed by atoms with Gasteiger partial charge < -0.3 is 25.1 Å². The molecule has 2 N–H and O–H groups in total. The third-order valence-electron chi connectivity index (χ3n) is 4.70. The Morgan fingerprint density at radius 1 is 1.09 bits per heavy atom. The molecule has 1 saturated heterocycles. The molecule has 0 unspecified atom stereocenters. The van der Waals surface area contributed by atoms with E-state index in [0.717, 1.165) is 26.2 Å². The zero-order chi connectivity index (χ0) is 23.1. The number of carbonyl (C=O) groups excluding carboxylic acids is 1. The molecule has 10 nitrogen and oxygen atoms in total. The summed E-state index contributed by atoms with van der Waals surface area (Å²) in [6.45, 7) is 5.58. The number of nitro groups is 1. The third kappa shape index (κ3) is 6.61. The fourth-order valence-electron chi connectivity index (χ4n) is 3.03. The van der Waals surface area contributed by atoms with Crippen LogP contribution in [0.5, 0.6) is 17.2 Å². The number of amides is 1. The molecular weight excluding hydrogens is 434 g/mol. The monoisotopic (exact) mass is 459 g/mol. The molecule has 170 valence electrons. The van der Waals surface area contributed by atoms with Gasteiger partial charge in [0, 0.05) is 38.3 Å². The first kappa shape index (κ1) is 23.4. The fourth-order valence-corrected chi connectivity index (χ4v) is 3.21. The number of anilines is 1. The molecule has 1 heterocycles. The molecule has 0 spiro atoms. The highest BCUT2D eigenvalue weighted by atomic mass is 32.1. The Labute approximate surface area is 191 Å².